The van der Waals surface area contributed by atoms with E-state index in [1.54, 1.807) is 42.6 Å². The molecule has 6 heteroatoms. The molecule has 1 aromatic heterocycles. The van der Waals surface area contributed by atoms with Gasteiger partial charge in [0.05, 0.1) is 6.21 Å². The molecule has 0 aliphatic heterocycles. The minimum Gasteiger partial charge on any atom is -0.350 e. The first-order valence-electron chi connectivity index (χ1n) is 5.53. The highest BCUT2D eigenvalue weighted by atomic mass is 16.2. The lowest BCUT2D eigenvalue weighted by molar-refractivity contribution is 0.249. The number of pyridine rings is 1. The number of carbonyl (C=O) groups is 1. The summed E-state index contributed by atoms with van der Waals surface area (Å²) in [5.41, 5.74) is 8.41. The molecule has 0 atom stereocenters. The van der Waals surface area contributed by atoms with Crippen LogP contribution in [0.5, 0.6) is 0 Å². The molecule has 1 heterocycles. The molecule has 0 fully saturated rings. The van der Waals surface area contributed by atoms with E-state index in [0.29, 0.717) is 0 Å². The van der Waals surface area contributed by atoms with E-state index in [1.807, 2.05) is 0 Å². The third-order valence-electron chi connectivity index (χ3n) is 2.38. The van der Waals surface area contributed by atoms with Gasteiger partial charge in [0.2, 0.25) is 0 Å². The second-order valence-electron chi connectivity index (χ2n) is 3.73. The monoisotopic (exact) mass is 256 g/mol. The predicted octanol–water partition coefficient (Wildman–Crippen LogP) is 0.840. The highest BCUT2D eigenvalue weighted by Crippen LogP contribution is 2.06. The van der Waals surface area contributed by atoms with E-state index in [4.69, 9.17) is 5.73 Å². The second-order valence-corrected chi connectivity index (χ2v) is 3.73. The summed E-state index contributed by atoms with van der Waals surface area (Å²) in [6.07, 6.45) is 3.16. The predicted molar refractivity (Wildman–Crippen MR) is 72.4 cm³/mol. The molecule has 0 spiro atoms. The van der Waals surface area contributed by atoms with Crippen molar-refractivity contribution in [1.82, 2.24) is 9.99 Å². The van der Waals surface area contributed by atoms with Crippen LogP contribution >= 0.6 is 0 Å². The SMILES string of the molecule is NC(=O)NN=Cc1ccc(-n2ccccc2=O)cc1. The van der Waals surface area contributed by atoms with Gasteiger partial charge in [-0.25, -0.2) is 10.2 Å². The number of hydrazone groups is 1. The number of rotatable bonds is 3. The Morgan fingerprint density at radius 3 is 2.58 bits per heavy atom. The fourth-order valence-corrected chi connectivity index (χ4v) is 1.53. The number of nitrogens with zero attached hydrogens (tertiary/aromatic N) is 2. The molecule has 0 saturated heterocycles. The Morgan fingerprint density at radius 1 is 1.21 bits per heavy atom. The van der Waals surface area contributed by atoms with Gasteiger partial charge in [-0.3, -0.25) is 9.36 Å². The molecular weight excluding hydrogens is 244 g/mol. The van der Waals surface area contributed by atoms with Gasteiger partial charge < -0.3 is 5.73 Å². The number of hydrogen-bond acceptors (Lipinski definition) is 3. The van der Waals surface area contributed by atoms with Gasteiger partial charge in [0, 0.05) is 18.0 Å². The number of carbonyl (C=O) groups excluding carboxylic acids is 1. The second kappa shape index (κ2) is 5.63. The zero-order valence-corrected chi connectivity index (χ0v) is 9.98. The van der Waals surface area contributed by atoms with Crippen molar-refractivity contribution in [2.45, 2.75) is 0 Å². The van der Waals surface area contributed by atoms with Gasteiger partial charge in [0.15, 0.2) is 0 Å². The van der Waals surface area contributed by atoms with Crippen LogP contribution in [0, 0.1) is 0 Å². The minimum absolute atomic E-state index is 0.0979. The smallest absolute Gasteiger partial charge is 0.332 e. The Labute approximate surface area is 109 Å². The van der Waals surface area contributed by atoms with Crippen LogP contribution < -0.4 is 16.7 Å². The van der Waals surface area contributed by atoms with Crippen molar-refractivity contribution in [3.8, 4) is 5.69 Å². The zero-order chi connectivity index (χ0) is 13.7. The van der Waals surface area contributed by atoms with Crippen molar-refractivity contribution >= 4 is 12.2 Å². The summed E-state index contributed by atoms with van der Waals surface area (Å²) in [6, 6.07) is 11.4. The lowest BCUT2D eigenvalue weighted by Gasteiger charge is -2.04. The molecule has 0 bridgehead atoms. The van der Waals surface area contributed by atoms with Crippen LogP contribution in [-0.4, -0.2) is 16.8 Å². The summed E-state index contributed by atoms with van der Waals surface area (Å²) in [6.45, 7) is 0. The number of aromatic nitrogens is 1. The van der Waals surface area contributed by atoms with Gasteiger partial charge in [0.25, 0.3) is 5.56 Å². The van der Waals surface area contributed by atoms with Crippen LogP contribution in [-0.2, 0) is 0 Å². The lowest BCUT2D eigenvalue weighted by atomic mass is 10.2. The first kappa shape index (κ1) is 12.6. The Balaban J connectivity index is 2.20. The average molecular weight is 256 g/mol. The third kappa shape index (κ3) is 3.29. The number of amides is 2. The van der Waals surface area contributed by atoms with Gasteiger partial charge in [-0.15, -0.1) is 0 Å². The number of benzene rings is 1. The third-order valence-corrected chi connectivity index (χ3v) is 2.38. The molecule has 0 saturated carbocycles. The summed E-state index contributed by atoms with van der Waals surface area (Å²) in [5, 5.41) is 3.64. The maximum absolute atomic E-state index is 11.6. The van der Waals surface area contributed by atoms with E-state index >= 15 is 0 Å². The number of primary amides is 1. The van der Waals surface area contributed by atoms with Crippen molar-refractivity contribution in [2.75, 3.05) is 0 Å². The largest absolute Gasteiger partial charge is 0.350 e. The topological polar surface area (TPSA) is 89.5 Å². The normalized spacial score (nSPS) is 10.5. The molecule has 0 radical (unpaired) electrons. The van der Waals surface area contributed by atoms with Crippen LogP contribution in [0.1, 0.15) is 5.56 Å². The van der Waals surface area contributed by atoms with Crippen LogP contribution in [0.25, 0.3) is 5.69 Å². The van der Waals surface area contributed by atoms with E-state index in [9.17, 15) is 9.59 Å². The first-order valence-corrected chi connectivity index (χ1v) is 5.53. The van der Waals surface area contributed by atoms with Gasteiger partial charge in [-0.05, 0) is 23.8 Å². The maximum atomic E-state index is 11.6. The van der Waals surface area contributed by atoms with Crippen LogP contribution in [0.15, 0.2) is 58.6 Å². The molecule has 3 N–H and O–H groups in total. The summed E-state index contributed by atoms with van der Waals surface area (Å²) in [5.74, 6) is 0. The molecule has 2 aromatic rings. The Kier molecular flexibility index (Phi) is 3.72. The fourth-order valence-electron chi connectivity index (χ4n) is 1.53. The molecule has 2 rings (SSSR count). The standard InChI is InChI=1S/C13H12N4O2/c14-13(19)16-15-9-10-4-6-11(7-5-10)17-8-2-1-3-12(17)18/h1-9H,(H3,14,16,19). The van der Waals surface area contributed by atoms with Crippen molar-refractivity contribution < 1.29 is 4.79 Å². The Bertz CT molecular complexity index is 659. The van der Waals surface area contributed by atoms with E-state index < -0.39 is 6.03 Å². The summed E-state index contributed by atoms with van der Waals surface area (Å²) >= 11 is 0. The van der Waals surface area contributed by atoms with Gasteiger partial charge in [-0.1, -0.05) is 18.2 Å². The molecule has 0 aliphatic carbocycles. The highest BCUT2D eigenvalue weighted by molar-refractivity contribution is 5.81. The average Bonchev–Trinajstić information content (AvgIpc) is 2.40. The zero-order valence-electron chi connectivity index (χ0n) is 9.98. The van der Waals surface area contributed by atoms with Crippen LogP contribution in [0.2, 0.25) is 0 Å². The number of nitrogens with one attached hydrogen (secondary N) is 1. The molecule has 0 aliphatic rings. The van der Waals surface area contributed by atoms with E-state index in [-0.39, 0.29) is 5.56 Å². The van der Waals surface area contributed by atoms with Gasteiger partial charge >= 0.3 is 6.03 Å². The van der Waals surface area contributed by atoms with Gasteiger partial charge in [-0.2, -0.15) is 5.10 Å². The first-order chi connectivity index (χ1) is 9.16. The van der Waals surface area contributed by atoms with Crippen LogP contribution in [0.3, 0.4) is 0 Å². The lowest BCUT2D eigenvalue weighted by Crippen LogP contribution is -2.24. The molecule has 19 heavy (non-hydrogen) atoms. The molecule has 1 aromatic carbocycles. The summed E-state index contributed by atoms with van der Waals surface area (Å²) < 4.78 is 1.53. The van der Waals surface area contributed by atoms with E-state index in [1.165, 1.54) is 16.8 Å². The quantitative estimate of drug-likeness (QED) is 0.629. The summed E-state index contributed by atoms with van der Waals surface area (Å²) in [7, 11) is 0. The molecule has 2 amide bonds. The van der Waals surface area contributed by atoms with Crippen molar-refractivity contribution in [1.29, 1.82) is 0 Å². The van der Waals surface area contributed by atoms with E-state index in [0.717, 1.165) is 11.3 Å². The van der Waals surface area contributed by atoms with Crippen molar-refractivity contribution in [3.05, 3.63) is 64.6 Å². The number of urea groups is 1. The number of nitrogens with two attached hydrogens (primary N) is 1. The Hall–Kier alpha value is -2.89. The Morgan fingerprint density at radius 2 is 1.95 bits per heavy atom. The molecular formula is C13H12N4O2. The maximum Gasteiger partial charge on any atom is 0.332 e. The summed E-state index contributed by atoms with van der Waals surface area (Å²) in [4.78, 5) is 22.1. The van der Waals surface area contributed by atoms with Crippen molar-refractivity contribution in [3.63, 3.8) is 0 Å². The highest BCUT2D eigenvalue weighted by Gasteiger charge is 1.97. The minimum atomic E-state index is -0.719. The van der Waals surface area contributed by atoms with Gasteiger partial charge in [0.1, 0.15) is 0 Å². The van der Waals surface area contributed by atoms with Crippen LogP contribution in [0.4, 0.5) is 4.79 Å². The molecule has 96 valence electrons. The molecule has 6 nitrogen and oxygen atoms in total. The van der Waals surface area contributed by atoms with E-state index in [2.05, 4.69) is 10.5 Å². The number of hydrogen-bond donors (Lipinski definition) is 2. The fraction of sp³-hybridized carbons (Fsp3) is 0. The van der Waals surface area contributed by atoms with Crippen molar-refractivity contribution in [2.24, 2.45) is 10.8 Å². The molecule has 0 unspecified atom stereocenters.